The first-order chi connectivity index (χ1) is 16.7. The quantitative estimate of drug-likeness (QED) is 0.363. The molecule has 0 radical (unpaired) electrons. The van der Waals surface area contributed by atoms with Gasteiger partial charge < -0.3 is 15.5 Å². The zero-order chi connectivity index (χ0) is 24.7. The Hall–Kier alpha value is -4.46. The van der Waals surface area contributed by atoms with Crippen LogP contribution in [0.25, 0.3) is 21.5 Å². The van der Waals surface area contributed by atoms with Crippen molar-refractivity contribution in [1.29, 1.82) is 0 Å². The lowest BCUT2D eigenvalue weighted by molar-refractivity contribution is -0.140. The van der Waals surface area contributed by atoms with Gasteiger partial charge in [-0.05, 0) is 30.3 Å². The van der Waals surface area contributed by atoms with Crippen LogP contribution in [0.1, 0.15) is 25.9 Å². The Bertz CT molecular complexity index is 1540. The van der Waals surface area contributed by atoms with Crippen molar-refractivity contribution in [2.24, 2.45) is 5.73 Å². The number of hydrogen-bond donors (Lipinski definition) is 2. The van der Waals surface area contributed by atoms with E-state index in [1.165, 1.54) is 29.1 Å². The molecule has 2 amide bonds. The van der Waals surface area contributed by atoms with Crippen molar-refractivity contribution in [3.63, 3.8) is 0 Å². The van der Waals surface area contributed by atoms with Gasteiger partial charge in [0.2, 0.25) is 0 Å². The van der Waals surface area contributed by atoms with Crippen LogP contribution < -0.4 is 11.1 Å². The van der Waals surface area contributed by atoms with Gasteiger partial charge in [0, 0.05) is 29.5 Å². The van der Waals surface area contributed by atoms with E-state index in [4.69, 9.17) is 10.2 Å². The molecule has 0 aliphatic heterocycles. The third kappa shape index (κ3) is 4.26. The van der Waals surface area contributed by atoms with Crippen LogP contribution in [0.3, 0.4) is 0 Å². The molecule has 0 atom stereocenters. The van der Waals surface area contributed by atoms with Crippen LogP contribution in [0.4, 0.5) is 18.9 Å². The molecule has 35 heavy (non-hydrogen) atoms. The molecule has 0 bridgehead atoms. The molecular weight excluding hydrogens is 487 g/mol. The van der Waals surface area contributed by atoms with Crippen molar-refractivity contribution in [2.75, 3.05) is 5.32 Å². The minimum atomic E-state index is -4.75. The van der Waals surface area contributed by atoms with E-state index in [1.54, 1.807) is 29.3 Å². The molecule has 0 unspecified atom stereocenters. The SMILES string of the molecule is NC(=O)c1sc2nc(C(F)(F)F)cc(-c3ccco3)c2c1NC(=O)c1ccn(Cn2cccn2)n1. The van der Waals surface area contributed by atoms with E-state index in [0.29, 0.717) is 11.3 Å². The van der Waals surface area contributed by atoms with E-state index in [-0.39, 0.29) is 44.5 Å². The van der Waals surface area contributed by atoms with Gasteiger partial charge in [0.05, 0.1) is 12.0 Å². The number of nitrogens with zero attached hydrogens (tertiary/aromatic N) is 5. The highest BCUT2D eigenvalue weighted by Crippen LogP contribution is 2.43. The van der Waals surface area contributed by atoms with E-state index < -0.39 is 23.7 Å². The average molecular weight is 501 g/mol. The smallest absolute Gasteiger partial charge is 0.433 e. The summed E-state index contributed by atoms with van der Waals surface area (Å²) < 4.78 is 48.9. The number of amides is 2. The largest absolute Gasteiger partial charge is 0.464 e. The number of nitrogens with one attached hydrogen (secondary N) is 1. The second-order valence-corrected chi connectivity index (χ2v) is 8.26. The Morgan fingerprint density at radius 3 is 2.66 bits per heavy atom. The number of nitrogens with two attached hydrogens (primary N) is 1. The van der Waals surface area contributed by atoms with E-state index in [2.05, 4.69) is 20.5 Å². The second kappa shape index (κ2) is 8.39. The molecule has 3 N–H and O–H groups in total. The van der Waals surface area contributed by atoms with Crippen LogP contribution >= 0.6 is 11.3 Å². The fraction of sp³-hybridized carbons (Fsp3) is 0.0952. The predicted octanol–water partition coefficient (Wildman–Crippen LogP) is 3.83. The van der Waals surface area contributed by atoms with Crippen molar-refractivity contribution < 1.29 is 27.2 Å². The normalized spacial score (nSPS) is 11.7. The van der Waals surface area contributed by atoms with Gasteiger partial charge in [-0.15, -0.1) is 11.3 Å². The van der Waals surface area contributed by atoms with Crippen molar-refractivity contribution in [3.8, 4) is 11.3 Å². The number of anilines is 1. The van der Waals surface area contributed by atoms with Gasteiger partial charge in [0.15, 0.2) is 5.69 Å². The summed E-state index contributed by atoms with van der Waals surface area (Å²) in [6.45, 7) is 0.251. The molecule has 0 saturated carbocycles. The molecule has 0 saturated heterocycles. The number of rotatable bonds is 6. The van der Waals surface area contributed by atoms with Crippen LogP contribution in [0, 0.1) is 0 Å². The standard InChI is InChI=1S/C21H14F3N7O3S/c22-21(23,24)14-9-11(13-3-1-8-34-13)15-16(17(18(25)32)35-20(15)27-14)28-19(33)12-4-7-31(29-12)10-30-6-2-5-26-30/h1-9H,10H2,(H2,25,32)(H,28,33). The molecular formula is C21H14F3N7O3S. The molecule has 0 aliphatic rings. The van der Waals surface area contributed by atoms with Crippen molar-refractivity contribution in [1.82, 2.24) is 24.5 Å². The fourth-order valence-corrected chi connectivity index (χ4v) is 4.44. The van der Waals surface area contributed by atoms with Gasteiger partial charge in [-0.1, -0.05) is 0 Å². The molecule has 10 nitrogen and oxygen atoms in total. The van der Waals surface area contributed by atoms with Gasteiger partial charge in [0.25, 0.3) is 11.8 Å². The Morgan fingerprint density at radius 2 is 2.00 bits per heavy atom. The molecule has 5 heterocycles. The van der Waals surface area contributed by atoms with Crippen molar-refractivity contribution >= 4 is 39.1 Å². The third-order valence-electron chi connectivity index (χ3n) is 4.92. The van der Waals surface area contributed by atoms with Crippen LogP contribution in [-0.4, -0.2) is 36.4 Å². The molecule has 5 aromatic heterocycles. The van der Waals surface area contributed by atoms with E-state index in [0.717, 1.165) is 6.07 Å². The van der Waals surface area contributed by atoms with Gasteiger partial charge in [-0.25, -0.2) is 4.98 Å². The van der Waals surface area contributed by atoms with E-state index >= 15 is 0 Å². The lowest BCUT2D eigenvalue weighted by Gasteiger charge is -2.10. The first-order valence-corrected chi connectivity index (χ1v) is 10.7. The van der Waals surface area contributed by atoms with Gasteiger partial charge in [0.1, 0.15) is 27.8 Å². The third-order valence-corrected chi connectivity index (χ3v) is 6.02. The number of pyridine rings is 1. The Morgan fingerprint density at radius 1 is 1.17 bits per heavy atom. The minimum Gasteiger partial charge on any atom is -0.464 e. The lowest BCUT2D eigenvalue weighted by atomic mass is 10.1. The summed E-state index contributed by atoms with van der Waals surface area (Å²) in [5.41, 5.74) is 4.23. The number of carbonyl (C=O) groups excluding carboxylic acids is 2. The van der Waals surface area contributed by atoms with E-state index in [1.807, 2.05) is 0 Å². The second-order valence-electron chi connectivity index (χ2n) is 7.26. The van der Waals surface area contributed by atoms with Gasteiger partial charge >= 0.3 is 6.18 Å². The average Bonchev–Trinajstić information content (AvgIpc) is 3.60. The summed E-state index contributed by atoms with van der Waals surface area (Å²) in [5.74, 6) is -1.54. The number of halogens is 3. The van der Waals surface area contributed by atoms with Crippen LogP contribution in [0.15, 0.2) is 59.6 Å². The maximum Gasteiger partial charge on any atom is 0.433 e. The summed E-state index contributed by atoms with van der Waals surface area (Å²) >= 11 is 0.640. The molecule has 5 aromatic rings. The highest BCUT2D eigenvalue weighted by atomic mass is 32.1. The first kappa shape index (κ1) is 22.3. The summed E-state index contributed by atoms with van der Waals surface area (Å²) in [5, 5.41) is 10.9. The summed E-state index contributed by atoms with van der Waals surface area (Å²) in [6.07, 6.45) is 1.41. The Labute approximate surface area is 197 Å². The Balaban J connectivity index is 1.59. The number of furan rings is 1. The molecule has 0 spiro atoms. The molecule has 0 aromatic carbocycles. The van der Waals surface area contributed by atoms with Crippen molar-refractivity contribution in [2.45, 2.75) is 12.8 Å². The summed E-state index contributed by atoms with van der Waals surface area (Å²) in [4.78, 5) is 28.5. The molecule has 5 rings (SSSR count). The van der Waals surface area contributed by atoms with E-state index in [9.17, 15) is 22.8 Å². The molecule has 0 fully saturated rings. The van der Waals surface area contributed by atoms with Crippen molar-refractivity contribution in [3.05, 3.63) is 71.5 Å². The number of hydrogen-bond acceptors (Lipinski definition) is 7. The molecule has 14 heteroatoms. The highest BCUT2D eigenvalue weighted by molar-refractivity contribution is 7.21. The minimum absolute atomic E-state index is 0.00409. The summed E-state index contributed by atoms with van der Waals surface area (Å²) in [6, 6.07) is 6.94. The number of fused-ring (bicyclic) bond motifs is 1. The maximum atomic E-state index is 13.5. The Kier molecular flexibility index (Phi) is 5.36. The van der Waals surface area contributed by atoms with Crippen LogP contribution in [0.2, 0.25) is 0 Å². The number of thiophene rings is 1. The van der Waals surface area contributed by atoms with Gasteiger partial charge in [-0.3, -0.25) is 19.0 Å². The number of aromatic nitrogens is 5. The lowest BCUT2D eigenvalue weighted by Crippen LogP contribution is -2.18. The fourth-order valence-electron chi connectivity index (χ4n) is 3.43. The number of primary amides is 1. The predicted molar refractivity (Wildman–Crippen MR) is 119 cm³/mol. The van der Waals surface area contributed by atoms with Crippen LogP contribution in [-0.2, 0) is 12.8 Å². The molecule has 0 aliphatic carbocycles. The first-order valence-electron chi connectivity index (χ1n) is 9.91. The monoisotopic (exact) mass is 501 g/mol. The van der Waals surface area contributed by atoms with Gasteiger partial charge in [-0.2, -0.15) is 23.4 Å². The number of carbonyl (C=O) groups is 2. The maximum absolute atomic E-state index is 13.5. The van der Waals surface area contributed by atoms with Crippen LogP contribution in [0.5, 0.6) is 0 Å². The zero-order valence-electron chi connectivity index (χ0n) is 17.5. The topological polar surface area (TPSA) is 134 Å². The number of alkyl halides is 3. The highest BCUT2D eigenvalue weighted by Gasteiger charge is 2.35. The zero-order valence-corrected chi connectivity index (χ0v) is 18.3. The molecule has 178 valence electrons. The summed E-state index contributed by atoms with van der Waals surface area (Å²) in [7, 11) is 0.